The lowest BCUT2D eigenvalue weighted by Crippen LogP contribution is -2.38. The number of nitrogens with two attached hydrogens (primary N) is 1. The zero-order valence-electron chi connectivity index (χ0n) is 18.8. The van der Waals surface area contributed by atoms with Crippen molar-refractivity contribution >= 4 is 22.8 Å². The number of hydrogen-bond acceptors (Lipinski definition) is 7. The molecule has 0 bridgehead atoms. The smallest absolute Gasteiger partial charge is 0.406 e. The molecule has 0 radical (unpaired) electrons. The van der Waals surface area contributed by atoms with E-state index in [4.69, 9.17) is 15.5 Å². The third kappa shape index (κ3) is 5.03. The Morgan fingerprint density at radius 2 is 2.03 bits per heavy atom. The van der Waals surface area contributed by atoms with Crippen LogP contribution in [-0.2, 0) is 4.74 Å². The molecule has 2 aliphatic rings. The Bertz CT molecular complexity index is 1220. The molecular weight excluding hydrogens is 465 g/mol. The molecule has 1 aromatic carbocycles. The van der Waals surface area contributed by atoms with Crippen molar-refractivity contribution in [1.82, 2.24) is 25.2 Å². The van der Waals surface area contributed by atoms with Gasteiger partial charge in [-0.2, -0.15) is 0 Å². The van der Waals surface area contributed by atoms with Gasteiger partial charge in [-0.05, 0) is 42.5 Å². The molecule has 2 fully saturated rings. The fraction of sp³-hybridized carbons (Fsp3) is 0.435. The molecule has 2 aromatic heterocycles. The third-order valence-electron chi connectivity index (χ3n) is 6.38. The minimum atomic E-state index is -4.83. The minimum Gasteiger partial charge on any atom is -0.406 e. The SMILES string of the molecule is Nc1cc(OC(F)(F)F)ccc1C(=O)N1CCC(c2ccnc3[nH]c(C4CNCCO4)nc23)CC1. The predicted molar refractivity (Wildman–Crippen MR) is 121 cm³/mol. The first-order chi connectivity index (χ1) is 16.8. The molecule has 0 saturated carbocycles. The van der Waals surface area contributed by atoms with Gasteiger partial charge in [0.1, 0.15) is 23.2 Å². The van der Waals surface area contributed by atoms with Gasteiger partial charge in [-0.25, -0.2) is 9.97 Å². The number of benzene rings is 1. The highest BCUT2D eigenvalue weighted by Crippen LogP contribution is 2.34. The van der Waals surface area contributed by atoms with Crippen molar-refractivity contribution in [3.63, 3.8) is 0 Å². The van der Waals surface area contributed by atoms with Gasteiger partial charge in [-0.15, -0.1) is 13.2 Å². The van der Waals surface area contributed by atoms with E-state index in [1.807, 2.05) is 6.07 Å². The van der Waals surface area contributed by atoms with Crippen molar-refractivity contribution in [3.8, 4) is 5.75 Å². The average Bonchev–Trinajstić information content (AvgIpc) is 3.28. The molecule has 0 spiro atoms. The van der Waals surface area contributed by atoms with Crippen LogP contribution in [0.2, 0.25) is 0 Å². The summed E-state index contributed by atoms with van der Waals surface area (Å²) in [5, 5.41) is 3.29. The summed E-state index contributed by atoms with van der Waals surface area (Å²) in [6.45, 7) is 3.09. The number of alkyl halides is 3. The summed E-state index contributed by atoms with van der Waals surface area (Å²) in [5.74, 6) is 0.155. The number of H-pyrrole nitrogens is 1. The molecule has 5 rings (SSSR count). The van der Waals surface area contributed by atoms with Crippen LogP contribution in [0.3, 0.4) is 0 Å². The second-order valence-corrected chi connectivity index (χ2v) is 8.65. The number of morpholine rings is 1. The van der Waals surface area contributed by atoms with Crippen LogP contribution >= 0.6 is 0 Å². The van der Waals surface area contributed by atoms with E-state index in [-0.39, 0.29) is 29.2 Å². The van der Waals surface area contributed by atoms with Gasteiger partial charge in [-0.1, -0.05) is 0 Å². The van der Waals surface area contributed by atoms with Crippen LogP contribution in [0.15, 0.2) is 30.5 Å². The number of imidazole rings is 1. The maximum Gasteiger partial charge on any atom is 0.573 e. The van der Waals surface area contributed by atoms with Crippen molar-refractivity contribution in [2.45, 2.75) is 31.2 Å². The number of aromatic amines is 1. The first-order valence-corrected chi connectivity index (χ1v) is 11.4. The number of pyridine rings is 1. The highest BCUT2D eigenvalue weighted by Gasteiger charge is 2.32. The van der Waals surface area contributed by atoms with E-state index < -0.39 is 12.1 Å². The Balaban J connectivity index is 1.27. The molecule has 2 aliphatic heterocycles. The fourth-order valence-electron chi connectivity index (χ4n) is 4.67. The molecule has 1 unspecified atom stereocenters. The van der Waals surface area contributed by atoms with E-state index in [1.165, 1.54) is 6.07 Å². The monoisotopic (exact) mass is 490 g/mol. The molecule has 2 saturated heterocycles. The summed E-state index contributed by atoms with van der Waals surface area (Å²) in [7, 11) is 0. The summed E-state index contributed by atoms with van der Waals surface area (Å²) >= 11 is 0. The number of piperidine rings is 1. The standard InChI is InChI=1S/C23H25F3N6O3/c24-23(25,26)35-14-1-2-16(17(27)11-14)22(33)32-8-4-13(5-9-32)15-3-6-29-21-19(15)30-20(31-21)18-12-28-7-10-34-18/h1-3,6,11,13,18,28H,4-5,7-10,12,27H2,(H,29,30,31). The first-order valence-electron chi connectivity index (χ1n) is 11.4. The van der Waals surface area contributed by atoms with Gasteiger partial charge in [0.2, 0.25) is 0 Å². The number of nitrogen functional groups attached to an aromatic ring is 1. The Kier molecular flexibility index (Phi) is 6.24. The fourth-order valence-corrected chi connectivity index (χ4v) is 4.67. The molecule has 12 heteroatoms. The zero-order chi connectivity index (χ0) is 24.6. The van der Waals surface area contributed by atoms with Crippen molar-refractivity contribution < 1.29 is 27.4 Å². The number of carbonyl (C=O) groups excluding carboxylic acids is 1. The highest BCUT2D eigenvalue weighted by atomic mass is 19.4. The quantitative estimate of drug-likeness (QED) is 0.481. The number of fused-ring (bicyclic) bond motifs is 1. The van der Waals surface area contributed by atoms with Crippen LogP contribution in [0.5, 0.6) is 5.75 Å². The van der Waals surface area contributed by atoms with Gasteiger partial charge < -0.3 is 30.4 Å². The van der Waals surface area contributed by atoms with Crippen LogP contribution in [0.4, 0.5) is 18.9 Å². The van der Waals surface area contributed by atoms with E-state index in [2.05, 4.69) is 20.0 Å². The molecule has 3 aromatic rings. The van der Waals surface area contributed by atoms with Crippen molar-refractivity contribution in [1.29, 1.82) is 0 Å². The molecular formula is C23H25F3N6O3. The van der Waals surface area contributed by atoms with Crippen molar-refractivity contribution in [2.24, 2.45) is 0 Å². The maximum atomic E-state index is 13.0. The molecule has 1 amide bonds. The number of aromatic nitrogens is 3. The van der Waals surface area contributed by atoms with Crippen LogP contribution in [-0.4, -0.2) is 64.9 Å². The highest BCUT2D eigenvalue weighted by molar-refractivity contribution is 5.99. The van der Waals surface area contributed by atoms with Gasteiger partial charge in [0.15, 0.2) is 5.65 Å². The van der Waals surface area contributed by atoms with Crippen LogP contribution in [0.1, 0.15) is 46.6 Å². The van der Waals surface area contributed by atoms with Gasteiger partial charge >= 0.3 is 6.36 Å². The van der Waals surface area contributed by atoms with E-state index >= 15 is 0 Å². The maximum absolute atomic E-state index is 13.0. The molecule has 35 heavy (non-hydrogen) atoms. The topological polar surface area (TPSA) is 118 Å². The van der Waals surface area contributed by atoms with Gasteiger partial charge in [0, 0.05) is 44.1 Å². The summed E-state index contributed by atoms with van der Waals surface area (Å²) in [6, 6.07) is 5.34. The summed E-state index contributed by atoms with van der Waals surface area (Å²) in [6.07, 6.45) is -1.80. The number of likely N-dealkylation sites (tertiary alicyclic amines) is 1. The Morgan fingerprint density at radius 1 is 1.23 bits per heavy atom. The Morgan fingerprint density at radius 3 is 2.71 bits per heavy atom. The Hall–Kier alpha value is -3.38. The molecule has 9 nitrogen and oxygen atoms in total. The van der Waals surface area contributed by atoms with Crippen LogP contribution < -0.4 is 15.8 Å². The second kappa shape index (κ2) is 9.34. The lowest BCUT2D eigenvalue weighted by molar-refractivity contribution is -0.274. The van der Waals surface area contributed by atoms with E-state index in [9.17, 15) is 18.0 Å². The number of ether oxygens (including phenoxy) is 2. The predicted octanol–water partition coefficient (Wildman–Crippen LogP) is 3.12. The number of nitrogens with zero attached hydrogens (tertiary/aromatic N) is 3. The summed E-state index contributed by atoms with van der Waals surface area (Å²) < 4.78 is 47.0. The number of nitrogens with one attached hydrogen (secondary N) is 2. The van der Waals surface area contributed by atoms with Crippen LogP contribution in [0.25, 0.3) is 11.2 Å². The average molecular weight is 490 g/mol. The zero-order valence-corrected chi connectivity index (χ0v) is 18.8. The summed E-state index contributed by atoms with van der Waals surface area (Å²) in [4.78, 5) is 27.1. The molecule has 186 valence electrons. The van der Waals surface area contributed by atoms with E-state index in [1.54, 1.807) is 11.1 Å². The number of carbonyl (C=O) groups is 1. The molecule has 4 N–H and O–H groups in total. The van der Waals surface area contributed by atoms with Gasteiger partial charge in [-0.3, -0.25) is 4.79 Å². The van der Waals surface area contributed by atoms with Crippen LogP contribution in [0, 0.1) is 0 Å². The second-order valence-electron chi connectivity index (χ2n) is 8.65. The lowest BCUT2D eigenvalue weighted by Gasteiger charge is -2.32. The molecule has 0 aliphatic carbocycles. The molecule has 1 atom stereocenters. The molecule has 4 heterocycles. The number of rotatable bonds is 4. The number of anilines is 1. The lowest BCUT2D eigenvalue weighted by atomic mass is 9.89. The normalized spacial score (nSPS) is 19.7. The van der Waals surface area contributed by atoms with Gasteiger partial charge in [0.05, 0.1) is 12.2 Å². The largest absolute Gasteiger partial charge is 0.573 e. The number of amides is 1. The minimum absolute atomic E-state index is 0.0572. The van der Waals surface area contributed by atoms with Crippen molar-refractivity contribution in [2.75, 3.05) is 38.5 Å². The third-order valence-corrected chi connectivity index (χ3v) is 6.38. The van der Waals surface area contributed by atoms with Gasteiger partial charge in [0.25, 0.3) is 5.91 Å². The number of halogens is 3. The van der Waals surface area contributed by atoms with Crippen molar-refractivity contribution in [3.05, 3.63) is 47.4 Å². The van der Waals surface area contributed by atoms with E-state index in [0.717, 1.165) is 35.6 Å². The summed E-state index contributed by atoms with van der Waals surface area (Å²) in [5.41, 5.74) is 8.55. The van der Waals surface area contributed by atoms with E-state index in [0.29, 0.717) is 44.7 Å². The first kappa shape index (κ1) is 23.4. The number of hydrogen-bond donors (Lipinski definition) is 3. The Labute approximate surface area is 198 Å².